The Morgan fingerprint density at radius 3 is 2.45 bits per heavy atom. The first-order valence-electron chi connectivity index (χ1n) is 9.91. The average molecular weight is 381 g/mol. The SMILES string of the molecule is OC1CCN(c2ncc3cc(-c4ccccc4)c(-c4cc[c]cc4)nc3n2)CC1. The Morgan fingerprint density at radius 1 is 0.931 bits per heavy atom. The van der Waals surface area contributed by atoms with Crippen molar-refractivity contribution in [2.75, 3.05) is 18.0 Å². The van der Waals surface area contributed by atoms with E-state index in [1.165, 1.54) is 0 Å². The van der Waals surface area contributed by atoms with Crippen LogP contribution in [-0.2, 0) is 0 Å². The van der Waals surface area contributed by atoms with E-state index < -0.39 is 0 Å². The van der Waals surface area contributed by atoms with Crippen molar-refractivity contribution in [3.8, 4) is 22.4 Å². The summed E-state index contributed by atoms with van der Waals surface area (Å²) in [6.07, 6.45) is 3.12. The minimum atomic E-state index is -0.222. The summed E-state index contributed by atoms with van der Waals surface area (Å²) in [4.78, 5) is 16.4. The molecule has 0 unspecified atom stereocenters. The van der Waals surface area contributed by atoms with Crippen LogP contribution < -0.4 is 4.90 Å². The van der Waals surface area contributed by atoms with E-state index in [1.807, 2.05) is 48.7 Å². The van der Waals surface area contributed by atoms with Gasteiger partial charge in [0.2, 0.25) is 5.95 Å². The van der Waals surface area contributed by atoms with E-state index in [4.69, 9.17) is 9.97 Å². The predicted octanol–water partition coefficient (Wildman–Crippen LogP) is 4.12. The topological polar surface area (TPSA) is 62.1 Å². The van der Waals surface area contributed by atoms with Gasteiger partial charge < -0.3 is 10.0 Å². The molecule has 143 valence electrons. The molecule has 0 amide bonds. The fourth-order valence-corrected chi connectivity index (χ4v) is 3.78. The maximum atomic E-state index is 9.76. The van der Waals surface area contributed by atoms with Gasteiger partial charge in [-0.05, 0) is 30.5 Å². The first kappa shape index (κ1) is 17.8. The zero-order chi connectivity index (χ0) is 19.6. The van der Waals surface area contributed by atoms with Crippen LogP contribution >= 0.6 is 0 Å². The molecule has 1 fully saturated rings. The second-order valence-electron chi connectivity index (χ2n) is 7.34. The standard InChI is InChI=1S/C24H21N4O/c29-20-11-13-28(14-12-20)24-25-16-19-15-21(17-7-3-1-4-8-17)22(26-23(19)27-24)18-9-5-2-6-10-18/h1,3-10,15-16,20,29H,11-14H2. The van der Waals surface area contributed by atoms with Gasteiger partial charge in [-0.3, -0.25) is 0 Å². The molecule has 0 atom stereocenters. The number of nitrogens with zero attached hydrogens (tertiary/aromatic N) is 4. The molecule has 2 aromatic heterocycles. The zero-order valence-electron chi connectivity index (χ0n) is 16.0. The highest BCUT2D eigenvalue weighted by Crippen LogP contribution is 2.33. The Kier molecular flexibility index (Phi) is 4.66. The molecular formula is C24H21N4O. The summed E-state index contributed by atoms with van der Waals surface area (Å²) in [7, 11) is 0. The molecule has 0 aliphatic carbocycles. The van der Waals surface area contributed by atoms with Crippen LogP contribution in [0.4, 0.5) is 5.95 Å². The lowest BCUT2D eigenvalue weighted by molar-refractivity contribution is 0.145. The summed E-state index contributed by atoms with van der Waals surface area (Å²) in [5.41, 5.74) is 4.78. The lowest BCUT2D eigenvalue weighted by atomic mass is 9.98. The van der Waals surface area contributed by atoms with Gasteiger partial charge in [-0.15, -0.1) is 0 Å². The molecule has 3 heterocycles. The van der Waals surface area contributed by atoms with Crippen LogP contribution in [0.25, 0.3) is 33.4 Å². The van der Waals surface area contributed by atoms with Gasteiger partial charge in [0.1, 0.15) is 0 Å². The number of fused-ring (bicyclic) bond motifs is 1. The van der Waals surface area contributed by atoms with Crippen LogP contribution in [0.3, 0.4) is 0 Å². The molecule has 0 bridgehead atoms. The van der Waals surface area contributed by atoms with E-state index in [2.05, 4.69) is 34.1 Å². The van der Waals surface area contributed by atoms with Crippen molar-refractivity contribution in [2.45, 2.75) is 18.9 Å². The largest absolute Gasteiger partial charge is 0.393 e. The Morgan fingerprint density at radius 2 is 1.69 bits per heavy atom. The maximum absolute atomic E-state index is 9.76. The maximum Gasteiger partial charge on any atom is 0.227 e. The Hall–Kier alpha value is -3.31. The van der Waals surface area contributed by atoms with E-state index in [0.29, 0.717) is 11.6 Å². The van der Waals surface area contributed by atoms with Crippen LogP contribution in [0, 0.1) is 6.07 Å². The van der Waals surface area contributed by atoms with E-state index in [-0.39, 0.29) is 6.10 Å². The number of pyridine rings is 1. The Bertz CT molecular complexity index is 1120. The number of hydrogen-bond donors (Lipinski definition) is 1. The average Bonchev–Trinajstić information content (AvgIpc) is 2.79. The van der Waals surface area contributed by atoms with E-state index in [0.717, 1.165) is 53.7 Å². The van der Waals surface area contributed by atoms with Gasteiger partial charge in [-0.1, -0.05) is 54.6 Å². The number of aliphatic hydroxyl groups excluding tert-OH is 1. The van der Waals surface area contributed by atoms with E-state index in [1.54, 1.807) is 0 Å². The summed E-state index contributed by atoms with van der Waals surface area (Å²) >= 11 is 0. The number of piperidine rings is 1. The summed E-state index contributed by atoms with van der Waals surface area (Å²) in [5.74, 6) is 0.678. The van der Waals surface area contributed by atoms with Crippen LogP contribution in [0.15, 0.2) is 66.9 Å². The molecule has 0 spiro atoms. The highest BCUT2D eigenvalue weighted by molar-refractivity contribution is 5.90. The highest BCUT2D eigenvalue weighted by atomic mass is 16.3. The number of benzene rings is 2. The third-order valence-electron chi connectivity index (χ3n) is 5.38. The monoisotopic (exact) mass is 381 g/mol. The van der Waals surface area contributed by atoms with E-state index >= 15 is 0 Å². The number of aromatic nitrogens is 3. The van der Waals surface area contributed by atoms with Crippen LogP contribution in [0.1, 0.15) is 12.8 Å². The number of hydrogen-bond acceptors (Lipinski definition) is 5. The predicted molar refractivity (Wildman–Crippen MR) is 114 cm³/mol. The third kappa shape index (κ3) is 3.57. The highest BCUT2D eigenvalue weighted by Gasteiger charge is 2.20. The molecule has 1 N–H and O–H groups in total. The third-order valence-corrected chi connectivity index (χ3v) is 5.38. The molecule has 5 rings (SSSR count). The first-order chi connectivity index (χ1) is 14.3. The fourth-order valence-electron chi connectivity index (χ4n) is 3.78. The van der Waals surface area contributed by atoms with Gasteiger partial charge in [0.15, 0.2) is 5.65 Å². The van der Waals surface area contributed by atoms with Crippen molar-refractivity contribution >= 4 is 17.0 Å². The zero-order valence-corrected chi connectivity index (χ0v) is 16.0. The summed E-state index contributed by atoms with van der Waals surface area (Å²) < 4.78 is 0. The van der Waals surface area contributed by atoms with Crippen LogP contribution in [0.5, 0.6) is 0 Å². The molecule has 0 saturated carbocycles. The molecule has 2 aromatic carbocycles. The molecule has 5 nitrogen and oxygen atoms in total. The van der Waals surface area contributed by atoms with Gasteiger partial charge in [0.25, 0.3) is 0 Å². The summed E-state index contributed by atoms with van der Waals surface area (Å²) in [5, 5.41) is 10.7. The minimum absolute atomic E-state index is 0.222. The normalized spacial score (nSPS) is 15.0. The quantitative estimate of drug-likeness (QED) is 0.578. The molecule has 1 radical (unpaired) electrons. The van der Waals surface area contributed by atoms with Gasteiger partial charge in [0, 0.05) is 35.8 Å². The molecule has 4 aromatic rings. The van der Waals surface area contributed by atoms with Crippen molar-refractivity contribution in [1.82, 2.24) is 15.0 Å². The van der Waals surface area contributed by atoms with Gasteiger partial charge in [-0.2, -0.15) is 4.98 Å². The smallest absolute Gasteiger partial charge is 0.227 e. The molecule has 1 aliphatic heterocycles. The van der Waals surface area contributed by atoms with Crippen LogP contribution in [-0.4, -0.2) is 39.3 Å². The van der Waals surface area contributed by atoms with Gasteiger partial charge in [-0.25, -0.2) is 9.97 Å². The lowest BCUT2D eigenvalue weighted by Crippen LogP contribution is -2.36. The van der Waals surface area contributed by atoms with Crippen molar-refractivity contribution in [2.24, 2.45) is 0 Å². The minimum Gasteiger partial charge on any atom is -0.393 e. The molecule has 1 aliphatic rings. The van der Waals surface area contributed by atoms with Crippen LogP contribution in [0.2, 0.25) is 0 Å². The second kappa shape index (κ2) is 7.60. The van der Waals surface area contributed by atoms with E-state index in [9.17, 15) is 5.11 Å². The lowest BCUT2D eigenvalue weighted by Gasteiger charge is -2.29. The first-order valence-corrected chi connectivity index (χ1v) is 9.91. The molecule has 29 heavy (non-hydrogen) atoms. The van der Waals surface area contributed by atoms with Crippen molar-refractivity contribution in [3.05, 3.63) is 72.9 Å². The summed E-state index contributed by atoms with van der Waals surface area (Å²) in [6.45, 7) is 1.52. The Balaban J connectivity index is 1.64. The van der Waals surface area contributed by atoms with Crippen molar-refractivity contribution in [1.29, 1.82) is 0 Å². The number of anilines is 1. The molecule has 5 heteroatoms. The number of rotatable bonds is 3. The second-order valence-corrected chi connectivity index (χ2v) is 7.34. The van der Waals surface area contributed by atoms with Gasteiger partial charge >= 0.3 is 0 Å². The summed E-state index contributed by atoms with van der Waals surface area (Å²) in [6, 6.07) is 23.3. The Labute approximate surface area is 169 Å². The molecular weight excluding hydrogens is 360 g/mol. The van der Waals surface area contributed by atoms with Crippen molar-refractivity contribution in [3.63, 3.8) is 0 Å². The number of aliphatic hydroxyl groups is 1. The van der Waals surface area contributed by atoms with Gasteiger partial charge in [0.05, 0.1) is 11.8 Å². The molecule has 1 saturated heterocycles. The fraction of sp³-hybridized carbons (Fsp3) is 0.208. The van der Waals surface area contributed by atoms with Crippen molar-refractivity contribution < 1.29 is 5.11 Å².